The van der Waals surface area contributed by atoms with E-state index < -0.39 is 0 Å². The van der Waals surface area contributed by atoms with Crippen LogP contribution in [0.25, 0.3) is 0 Å². The maximum absolute atomic E-state index is 5.90. The summed E-state index contributed by atoms with van der Waals surface area (Å²) in [6, 6.07) is 5.53. The standard InChI is InChI=1S/C11H17ClN2O/c1-15-11-5-4-9(12)8-10(11)14-7-3-2-6-13/h4-5,8,14H,2-3,6-7,13H2,1H3. The normalized spacial score (nSPS) is 10.1. The fraction of sp³-hybridized carbons (Fsp3) is 0.455. The molecule has 0 radical (unpaired) electrons. The number of rotatable bonds is 6. The van der Waals surface area contributed by atoms with Gasteiger partial charge in [-0.05, 0) is 37.6 Å². The third-order valence-electron chi connectivity index (χ3n) is 2.11. The summed E-state index contributed by atoms with van der Waals surface area (Å²) < 4.78 is 5.21. The molecule has 0 atom stereocenters. The molecule has 0 aliphatic carbocycles. The van der Waals surface area contributed by atoms with E-state index in [1.165, 1.54) is 0 Å². The zero-order valence-electron chi connectivity index (χ0n) is 8.92. The van der Waals surface area contributed by atoms with Crippen molar-refractivity contribution in [3.05, 3.63) is 23.2 Å². The molecule has 0 bridgehead atoms. The Hall–Kier alpha value is -0.930. The highest BCUT2D eigenvalue weighted by atomic mass is 35.5. The third-order valence-corrected chi connectivity index (χ3v) is 2.34. The van der Waals surface area contributed by atoms with Gasteiger partial charge in [-0.2, -0.15) is 0 Å². The van der Waals surface area contributed by atoms with Crippen molar-refractivity contribution in [3.8, 4) is 5.75 Å². The number of halogens is 1. The van der Waals surface area contributed by atoms with Crippen LogP contribution in [0.2, 0.25) is 5.02 Å². The molecular weight excluding hydrogens is 212 g/mol. The van der Waals surface area contributed by atoms with Crippen molar-refractivity contribution in [2.75, 3.05) is 25.5 Å². The first-order chi connectivity index (χ1) is 7.27. The second-order valence-corrected chi connectivity index (χ2v) is 3.70. The lowest BCUT2D eigenvalue weighted by Crippen LogP contribution is -2.06. The molecule has 0 fully saturated rings. The second-order valence-electron chi connectivity index (χ2n) is 3.27. The number of hydrogen-bond acceptors (Lipinski definition) is 3. The molecule has 0 aliphatic rings. The molecule has 1 rings (SSSR count). The molecule has 0 amide bonds. The van der Waals surface area contributed by atoms with Crippen LogP contribution >= 0.6 is 11.6 Å². The van der Waals surface area contributed by atoms with Crippen LogP contribution in [0, 0.1) is 0 Å². The van der Waals surface area contributed by atoms with Crippen molar-refractivity contribution >= 4 is 17.3 Å². The Labute approximate surface area is 95.6 Å². The lowest BCUT2D eigenvalue weighted by atomic mass is 10.2. The number of nitrogens with one attached hydrogen (secondary N) is 1. The number of nitrogens with two attached hydrogens (primary N) is 1. The molecule has 15 heavy (non-hydrogen) atoms. The third kappa shape index (κ3) is 3.98. The van der Waals surface area contributed by atoms with E-state index in [1.807, 2.05) is 18.2 Å². The van der Waals surface area contributed by atoms with Crippen molar-refractivity contribution < 1.29 is 4.74 Å². The van der Waals surface area contributed by atoms with E-state index >= 15 is 0 Å². The van der Waals surface area contributed by atoms with Crippen LogP contribution in [0.15, 0.2) is 18.2 Å². The van der Waals surface area contributed by atoms with E-state index in [9.17, 15) is 0 Å². The molecule has 0 unspecified atom stereocenters. The molecule has 0 heterocycles. The van der Waals surface area contributed by atoms with Crippen molar-refractivity contribution in [3.63, 3.8) is 0 Å². The molecule has 84 valence electrons. The number of anilines is 1. The summed E-state index contributed by atoms with van der Waals surface area (Å²) in [4.78, 5) is 0. The predicted octanol–water partition coefficient (Wildman–Crippen LogP) is 2.50. The highest BCUT2D eigenvalue weighted by Crippen LogP contribution is 2.27. The molecule has 0 saturated heterocycles. The largest absolute Gasteiger partial charge is 0.495 e. The van der Waals surface area contributed by atoms with Gasteiger partial charge < -0.3 is 15.8 Å². The van der Waals surface area contributed by atoms with Gasteiger partial charge in [-0.1, -0.05) is 11.6 Å². The van der Waals surface area contributed by atoms with E-state index in [0.717, 1.165) is 37.4 Å². The second kappa shape index (κ2) is 6.53. The summed E-state index contributed by atoms with van der Waals surface area (Å²) in [5.41, 5.74) is 6.35. The smallest absolute Gasteiger partial charge is 0.142 e. The first kappa shape index (κ1) is 12.1. The van der Waals surface area contributed by atoms with Gasteiger partial charge in [0.2, 0.25) is 0 Å². The van der Waals surface area contributed by atoms with Gasteiger partial charge in [-0.15, -0.1) is 0 Å². The van der Waals surface area contributed by atoms with E-state index in [4.69, 9.17) is 22.1 Å². The van der Waals surface area contributed by atoms with Crippen molar-refractivity contribution in [2.45, 2.75) is 12.8 Å². The Bertz CT molecular complexity index is 305. The summed E-state index contributed by atoms with van der Waals surface area (Å²) in [6.45, 7) is 1.61. The Balaban J connectivity index is 2.54. The first-order valence-corrected chi connectivity index (χ1v) is 5.43. The molecule has 1 aromatic rings. The van der Waals surface area contributed by atoms with Gasteiger partial charge in [0.05, 0.1) is 12.8 Å². The molecule has 0 spiro atoms. The SMILES string of the molecule is COc1ccc(Cl)cc1NCCCCN. The Kier molecular flexibility index (Phi) is 5.29. The predicted molar refractivity (Wildman–Crippen MR) is 64.8 cm³/mol. The zero-order chi connectivity index (χ0) is 11.1. The Morgan fingerprint density at radius 2 is 2.20 bits per heavy atom. The molecule has 0 aromatic heterocycles. The fourth-order valence-corrected chi connectivity index (χ4v) is 1.48. The molecule has 3 N–H and O–H groups in total. The summed E-state index contributed by atoms with van der Waals surface area (Å²) >= 11 is 5.90. The summed E-state index contributed by atoms with van der Waals surface area (Å²) in [5.74, 6) is 0.812. The summed E-state index contributed by atoms with van der Waals surface area (Å²) in [5, 5.41) is 3.98. The van der Waals surface area contributed by atoms with Gasteiger partial charge in [0.15, 0.2) is 0 Å². The van der Waals surface area contributed by atoms with Crippen LogP contribution in [-0.2, 0) is 0 Å². The molecule has 0 aliphatic heterocycles. The summed E-state index contributed by atoms with van der Waals surface area (Å²) in [6.07, 6.45) is 2.07. The van der Waals surface area contributed by atoms with E-state index in [2.05, 4.69) is 5.32 Å². The lowest BCUT2D eigenvalue weighted by Gasteiger charge is -2.11. The van der Waals surface area contributed by atoms with Crippen molar-refractivity contribution in [1.29, 1.82) is 0 Å². The minimum absolute atomic E-state index is 0.706. The summed E-state index contributed by atoms with van der Waals surface area (Å²) in [7, 11) is 1.65. The van der Waals surface area contributed by atoms with Crippen LogP contribution in [0.5, 0.6) is 5.75 Å². The Morgan fingerprint density at radius 3 is 2.87 bits per heavy atom. The molecule has 1 aromatic carbocycles. The van der Waals surface area contributed by atoms with E-state index in [1.54, 1.807) is 7.11 Å². The monoisotopic (exact) mass is 228 g/mol. The van der Waals surface area contributed by atoms with E-state index in [0.29, 0.717) is 5.02 Å². The van der Waals surface area contributed by atoms with Gasteiger partial charge in [0, 0.05) is 11.6 Å². The van der Waals surface area contributed by atoms with Crippen molar-refractivity contribution in [1.82, 2.24) is 0 Å². The highest BCUT2D eigenvalue weighted by molar-refractivity contribution is 6.30. The van der Waals surface area contributed by atoms with Gasteiger partial charge in [-0.3, -0.25) is 0 Å². The Morgan fingerprint density at radius 1 is 1.40 bits per heavy atom. The zero-order valence-corrected chi connectivity index (χ0v) is 9.68. The van der Waals surface area contributed by atoms with Gasteiger partial charge >= 0.3 is 0 Å². The number of benzene rings is 1. The average Bonchev–Trinajstić information content (AvgIpc) is 2.25. The molecule has 3 nitrogen and oxygen atoms in total. The molecular formula is C11H17ClN2O. The van der Waals surface area contributed by atoms with Crippen LogP contribution in [0.1, 0.15) is 12.8 Å². The fourth-order valence-electron chi connectivity index (χ4n) is 1.31. The molecule has 4 heteroatoms. The lowest BCUT2D eigenvalue weighted by molar-refractivity contribution is 0.416. The minimum atomic E-state index is 0.706. The molecule has 0 saturated carbocycles. The van der Waals surface area contributed by atoms with Crippen LogP contribution in [0.4, 0.5) is 5.69 Å². The average molecular weight is 229 g/mol. The highest BCUT2D eigenvalue weighted by Gasteiger charge is 2.02. The van der Waals surface area contributed by atoms with E-state index in [-0.39, 0.29) is 0 Å². The first-order valence-electron chi connectivity index (χ1n) is 5.05. The van der Waals surface area contributed by atoms with Crippen molar-refractivity contribution in [2.24, 2.45) is 5.73 Å². The maximum Gasteiger partial charge on any atom is 0.142 e. The van der Waals surface area contributed by atoms with Crippen LogP contribution in [0.3, 0.4) is 0 Å². The van der Waals surface area contributed by atoms with Crippen LogP contribution < -0.4 is 15.8 Å². The van der Waals surface area contributed by atoms with Gasteiger partial charge in [0.1, 0.15) is 5.75 Å². The topological polar surface area (TPSA) is 47.3 Å². The minimum Gasteiger partial charge on any atom is -0.495 e. The maximum atomic E-state index is 5.90. The van der Waals surface area contributed by atoms with Gasteiger partial charge in [-0.25, -0.2) is 0 Å². The quantitative estimate of drug-likeness (QED) is 0.736. The van der Waals surface area contributed by atoms with Crippen LogP contribution in [-0.4, -0.2) is 20.2 Å². The number of methoxy groups -OCH3 is 1. The van der Waals surface area contributed by atoms with Gasteiger partial charge in [0.25, 0.3) is 0 Å². The number of ether oxygens (including phenoxy) is 1. The number of unbranched alkanes of at least 4 members (excludes halogenated alkanes) is 1. The number of hydrogen-bond donors (Lipinski definition) is 2.